The van der Waals surface area contributed by atoms with Crippen LogP contribution in [0.15, 0.2) is 22.7 Å². The lowest BCUT2D eigenvalue weighted by Gasteiger charge is -2.06. The second-order valence-electron chi connectivity index (χ2n) is 3.11. The quantitative estimate of drug-likeness (QED) is 0.807. The van der Waals surface area contributed by atoms with Gasteiger partial charge in [-0.25, -0.2) is 4.39 Å². The normalized spacial score (nSPS) is 10.6. The maximum absolute atomic E-state index is 13.3. The molecule has 0 aromatic heterocycles. The van der Waals surface area contributed by atoms with E-state index in [0.717, 1.165) is 11.0 Å². The molecule has 4 heteroatoms. The highest BCUT2D eigenvalue weighted by Gasteiger charge is 2.01. The SMILES string of the molecule is CCOCCNCc1cc(Br)ccc1F. The Kier molecular flexibility index (Phi) is 5.83. The van der Waals surface area contributed by atoms with Crippen molar-refractivity contribution in [3.8, 4) is 0 Å². The molecule has 0 spiro atoms. The average molecular weight is 276 g/mol. The van der Waals surface area contributed by atoms with Crippen LogP contribution in [0.2, 0.25) is 0 Å². The van der Waals surface area contributed by atoms with Crippen LogP contribution in [0.3, 0.4) is 0 Å². The molecule has 0 fully saturated rings. The summed E-state index contributed by atoms with van der Waals surface area (Å²) in [5, 5.41) is 3.12. The van der Waals surface area contributed by atoms with E-state index in [1.54, 1.807) is 12.1 Å². The minimum absolute atomic E-state index is 0.179. The van der Waals surface area contributed by atoms with Gasteiger partial charge in [0.15, 0.2) is 0 Å². The zero-order valence-electron chi connectivity index (χ0n) is 8.72. The van der Waals surface area contributed by atoms with Crippen LogP contribution in [0.4, 0.5) is 4.39 Å². The molecule has 0 saturated heterocycles. The first kappa shape index (κ1) is 12.6. The summed E-state index contributed by atoms with van der Waals surface area (Å²) >= 11 is 3.31. The number of benzene rings is 1. The van der Waals surface area contributed by atoms with Gasteiger partial charge in [-0.05, 0) is 25.1 Å². The van der Waals surface area contributed by atoms with Crippen LogP contribution in [0.5, 0.6) is 0 Å². The van der Waals surface area contributed by atoms with Gasteiger partial charge in [-0.2, -0.15) is 0 Å². The lowest BCUT2D eigenvalue weighted by molar-refractivity contribution is 0.149. The molecular formula is C11H15BrFNO. The highest BCUT2D eigenvalue weighted by molar-refractivity contribution is 9.10. The molecule has 0 aliphatic carbocycles. The summed E-state index contributed by atoms with van der Waals surface area (Å²) in [5.41, 5.74) is 0.667. The van der Waals surface area contributed by atoms with E-state index in [2.05, 4.69) is 21.2 Å². The Morgan fingerprint density at radius 2 is 2.27 bits per heavy atom. The summed E-state index contributed by atoms with van der Waals surface area (Å²) in [6.45, 7) is 4.59. The number of hydrogen-bond donors (Lipinski definition) is 1. The number of nitrogens with one attached hydrogen (secondary N) is 1. The fraction of sp³-hybridized carbons (Fsp3) is 0.455. The molecule has 0 aliphatic rings. The monoisotopic (exact) mass is 275 g/mol. The van der Waals surface area contributed by atoms with E-state index in [4.69, 9.17) is 4.74 Å². The third-order valence-corrected chi connectivity index (χ3v) is 2.44. The van der Waals surface area contributed by atoms with Crippen molar-refractivity contribution in [2.24, 2.45) is 0 Å². The predicted octanol–water partition coefficient (Wildman–Crippen LogP) is 2.71. The minimum Gasteiger partial charge on any atom is -0.380 e. The van der Waals surface area contributed by atoms with Crippen LogP contribution in [0, 0.1) is 5.82 Å². The van der Waals surface area contributed by atoms with Gasteiger partial charge >= 0.3 is 0 Å². The molecule has 84 valence electrons. The first-order valence-electron chi connectivity index (χ1n) is 4.96. The van der Waals surface area contributed by atoms with Crippen molar-refractivity contribution < 1.29 is 9.13 Å². The average Bonchev–Trinajstić information content (AvgIpc) is 2.23. The molecule has 1 aromatic carbocycles. The minimum atomic E-state index is -0.179. The molecule has 0 heterocycles. The number of rotatable bonds is 6. The molecule has 1 N–H and O–H groups in total. The fourth-order valence-electron chi connectivity index (χ4n) is 1.19. The van der Waals surface area contributed by atoms with Crippen LogP contribution in [0.1, 0.15) is 12.5 Å². The number of halogens is 2. The molecule has 0 bridgehead atoms. The van der Waals surface area contributed by atoms with Gasteiger partial charge in [0.1, 0.15) is 5.82 Å². The summed E-state index contributed by atoms with van der Waals surface area (Å²) in [5.74, 6) is -0.179. The van der Waals surface area contributed by atoms with Gasteiger partial charge in [-0.3, -0.25) is 0 Å². The molecule has 0 amide bonds. The lowest BCUT2D eigenvalue weighted by atomic mass is 10.2. The zero-order chi connectivity index (χ0) is 11.1. The first-order valence-corrected chi connectivity index (χ1v) is 5.75. The maximum Gasteiger partial charge on any atom is 0.127 e. The fourth-order valence-corrected chi connectivity index (χ4v) is 1.60. The van der Waals surface area contributed by atoms with Crippen molar-refractivity contribution in [2.45, 2.75) is 13.5 Å². The van der Waals surface area contributed by atoms with E-state index in [1.165, 1.54) is 6.07 Å². The van der Waals surface area contributed by atoms with Gasteiger partial charge < -0.3 is 10.1 Å². The van der Waals surface area contributed by atoms with Gasteiger partial charge in [-0.1, -0.05) is 15.9 Å². The van der Waals surface area contributed by atoms with Crippen LogP contribution in [0.25, 0.3) is 0 Å². The molecule has 15 heavy (non-hydrogen) atoms. The Labute approximate surface area is 98.0 Å². The smallest absolute Gasteiger partial charge is 0.127 e. The Hall–Kier alpha value is -0.450. The molecule has 2 nitrogen and oxygen atoms in total. The molecular weight excluding hydrogens is 261 g/mol. The standard InChI is InChI=1S/C11H15BrFNO/c1-2-15-6-5-14-8-9-7-10(12)3-4-11(9)13/h3-4,7,14H,2,5-6,8H2,1H3. The van der Waals surface area contributed by atoms with E-state index in [9.17, 15) is 4.39 Å². The third-order valence-electron chi connectivity index (χ3n) is 1.95. The van der Waals surface area contributed by atoms with Crippen LogP contribution in [-0.2, 0) is 11.3 Å². The molecule has 0 aliphatic heterocycles. The molecule has 0 unspecified atom stereocenters. The van der Waals surface area contributed by atoms with E-state index >= 15 is 0 Å². The Morgan fingerprint density at radius 3 is 3.00 bits per heavy atom. The number of ether oxygens (including phenoxy) is 1. The molecule has 0 saturated carbocycles. The highest BCUT2D eigenvalue weighted by Crippen LogP contribution is 2.15. The summed E-state index contributed by atoms with van der Waals surface area (Å²) in [6.07, 6.45) is 0. The molecule has 1 aromatic rings. The zero-order valence-corrected chi connectivity index (χ0v) is 10.3. The van der Waals surface area contributed by atoms with Crippen molar-refractivity contribution >= 4 is 15.9 Å². The molecule has 0 radical (unpaired) electrons. The second kappa shape index (κ2) is 6.93. The van der Waals surface area contributed by atoms with E-state index in [0.29, 0.717) is 25.3 Å². The second-order valence-corrected chi connectivity index (χ2v) is 4.03. The summed E-state index contributed by atoms with van der Waals surface area (Å²) < 4.78 is 19.3. The van der Waals surface area contributed by atoms with Gasteiger partial charge in [-0.15, -0.1) is 0 Å². The highest BCUT2D eigenvalue weighted by atomic mass is 79.9. The Balaban J connectivity index is 2.33. The topological polar surface area (TPSA) is 21.3 Å². The summed E-state index contributed by atoms with van der Waals surface area (Å²) in [6, 6.07) is 4.94. The van der Waals surface area contributed by atoms with Gasteiger partial charge in [0.2, 0.25) is 0 Å². The Morgan fingerprint density at radius 1 is 1.47 bits per heavy atom. The molecule has 0 atom stereocenters. The third kappa shape index (κ3) is 4.73. The van der Waals surface area contributed by atoms with Gasteiger partial charge in [0.25, 0.3) is 0 Å². The predicted molar refractivity (Wildman–Crippen MR) is 62.3 cm³/mol. The van der Waals surface area contributed by atoms with Crippen LogP contribution in [-0.4, -0.2) is 19.8 Å². The van der Waals surface area contributed by atoms with E-state index < -0.39 is 0 Å². The number of hydrogen-bond acceptors (Lipinski definition) is 2. The summed E-state index contributed by atoms with van der Waals surface area (Å²) in [7, 11) is 0. The van der Waals surface area contributed by atoms with Crippen molar-refractivity contribution in [3.05, 3.63) is 34.1 Å². The van der Waals surface area contributed by atoms with Gasteiger partial charge in [0, 0.05) is 29.7 Å². The lowest BCUT2D eigenvalue weighted by Crippen LogP contribution is -2.19. The maximum atomic E-state index is 13.3. The largest absolute Gasteiger partial charge is 0.380 e. The molecule has 1 rings (SSSR count). The van der Waals surface area contributed by atoms with Crippen LogP contribution >= 0.6 is 15.9 Å². The van der Waals surface area contributed by atoms with Crippen molar-refractivity contribution in [1.82, 2.24) is 5.32 Å². The summed E-state index contributed by atoms with van der Waals surface area (Å²) in [4.78, 5) is 0. The van der Waals surface area contributed by atoms with E-state index in [-0.39, 0.29) is 5.82 Å². The van der Waals surface area contributed by atoms with Crippen LogP contribution < -0.4 is 5.32 Å². The van der Waals surface area contributed by atoms with E-state index in [1.807, 2.05) is 6.92 Å². The van der Waals surface area contributed by atoms with Gasteiger partial charge in [0.05, 0.1) is 6.61 Å². The first-order chi connectivity index (χ1) is 7.24. The van der Waals surface area contributed by atoms with Crippen molar-refractivity contribution in [3.63, 3.8) is 0 Å². The van der Waals surface area contributed by atoms with Crippen molar-refractivity contribution in [1.29, 1.82) is 0 Å². The Bertz CT molecular complexity index is 307. The van der Waals surface area contributed by atoms with Crippen molar-refractivity contribution in [2.75, 3.05) is 19.8 Å².